The number of likely N-dealkylation sites (tertiary alicyclic amines) is 1. The summed E-state index contributed by atoms with van der Waals surface area (Å²) in [5.74, 6) is -0.416. The second kappa shape index (κ2) is 5.28. The van der Waals surface area contributed by atoms with Gasteiger partial charge in [0.05, 0.1) is 6.10 Å². The number of piperidine rings is 1. The van der Waals surface area contributed by atoms with E-state index in [2.05, 4.69) is 12.6 Å². The van der Waals surface area contributed by atoms with Crippen LogP contribution in [-0.2, 0) is 0 Å². The Morgan fingerprint density at radius 1 is 1.56 bits per heavy atom. The summed E-state index contributed by atoms with van der Waals surface area (Å²) in [6.45, 7) is 2.92. The third-order valence-corrected chi connectivity index (χ3v) is 3.74. The molecule has 0 spiro atoms. The molecule has 18 heavy (non-hydrogen) atoms. The second-order valence-corrected chi connectivity index (χ2v) is 5.23. The van der Waals surface area contributed by atoms with Crippen LogP contribution in [0.5, 0.6) is 0 Å². The molecule has 2 atom stereocenters. The Bertz CT molecular complexity index is 466. The zero-order valence-corrected chi connectivity index (χ0v) is 11.0. The fraction of sp³-hybridized carbons (Fsp3) is 0.462. The van der Waals surface area contributed by atoms with Gasteiger partial charge in [0.1, 0.15) is 5.82 Å². The van der Waals surface area contributed by atoms with Crippen LogP contribution in [0.3, 0.4) is 0 Å². The van der Waals surface area contributed by atoms with Crippen LogP contribution in [0.1, 0.15) is 23.7 Å². The van der Waals surface area contributed by atoms with Crippen molar-refractivity contribution in [3.05, 3.63) is 29.6 Å². The van der Waals surface area contributed by atoms with E-state index in [0.29, 0.717) is 18.7 Å². The topological polar surface area (TPSA) is 40.5 Å². The Morgan fingerprint density at radius 2 is 2.28 bits per heavy atom. The molecule has 1 aromatic rings. The lowest BCUT2D eigenvalue weighted by atomic mass is 9.95. The van der Waals surface area contributed by atoms with Gasteiger partial charge in [-0.2, -0.15) is 0 Å². The fourth-order valence-electron chi connectivity index (χ4n) is 2.06. The number of hydrogen-bond acceptors (Lipinski definition) is 3. The summed E-state index contributed by atoms with van der Waals surface area (Å²) in [5.41, 5.74) is 0.406. The molecule has 1 aromatic carbocycles. The van der Waals surface area contributed by atoms with Crippen LogP contribution >= 0.6 is 12.6 Å². The molecule has 1 saturated heterocycles. The summed E-state index contributed by atoms with van der Waals surface area (Å²) < 4.78 is 13.1. The number of aliphatic hydroxyl groups is 1. The van der Waals surface area contributed by atoms with E-state index in [4.69, 9.17) is 0 Å². The van der Waals surface area contributed by atoms with Gasteiger partial charge in [0.15, 0.2) is 0 Å². The van der Waals surface area contributed by atoms with Crippen LogP contribution < -0.4 is 0 Å². The number of carbonyl (C=O) groups excluding carboxylic acids is 1. The van der Waals surface area contributed by atoms with Gasteiger partial charge in [-0.15, -0.1) is 12.6 Å². The average Bonchev–Trinajstić information content (AvgIpc) is 2.35. The van der Waals surface area contributed by atoms with Crippen LogP contribution in [0.4, 0.5) is 4.39 Å². The van der Waals surface area contributed by atoms with E-state index in [1.54, 1.807) is 4.90 Å². The summed E-state index contributed by atoms with van der Waals surface area (Å²) in [7, 11) is 0. The monoisotopic (exact) mass is 269 g/mol. The first kappa shape index (κ1) is 13.4. The zero-order valence-electron chi connectivity index (χ0n) is 10.1. The average molecular weight is 269 g/mol. The molecule has 1 heterocycles. The van der Waals surface area contributed by atoms with Gasteiger partial charge < -0.3 is 10.0 Å². The van der Waals surface area contributed by atoms with Crippen molar-refractivity contribution in [3.8, 4) is 0 Å². The molecule has 1 aliphatic rings. The minimum Gasteiger partial charge on any atom is -0.391 e. The van der Waals surface area contributed by atoms with Gasteiger partial charge in [-0.1, -0.05) is 6.92 Å². The molecule has 2 rings (SSSR count). The zero-order chi connectivity index (χ0) is 13.3. The van der Waals surface area contributed by atoms with Crippen molar-refractivity contribution in [1.82, 2.24) is 4.90 Å². The molecular formula is C13H16FNO2S. The highest BCUT2D eigenvalue weighted by molar-refractivity contribution is 7.80. The summed E-state index contributed by atoms with van der Waals surface area (Å²) >= 11 is 3.96. The number of halogens is 1. The Balaban J connectivity index is 2.14. The van der Waals surface area contributed by atoms with Crippen molar-refractivity contribution in [2.24, 2.45) is 5.92 Å². The Labute approximate surface area is 111 Å². The van der Waals surface area contributed by atoms with Crippen molar-refractivity contribution in [3.63, 3.8) is 0 Å². The number of hydrogen-bond donors (Lipinski definition) is 2. The van der Waals surface area contributed by atoms with Gasteiger partial charge in [-0.05, 0) is 30.5 Å². The largest absolute Gasteiger partial charge is 0.391 e. The van der Waals surface area contributed by atoms with Crippen molar-refractivity contribution in [2.75, 3.05) is 13.1 Å². The van der Waals surface area contributed by atoms with E-state index >= 15 is 0 Å². The predicted molar refractivity (Wildman–Crippen MR) is 69.3 cm³/mol. The standard InChI is InChI=1S/C13H16FNO2S/c1-8-4-5-15(7-11(8)16)13(17)9-2-3-10(14)12(18)6-9/h2-3,6,8,11,16,18H,4-5,7H2,1H3. The van der Waals surface area contributed by atoms with Crippen LogP contribution in [0, 0.1) is 11.7 Å². The van der Waals surface area contributed by atoms with Gasteiger partial charge >= 0.3 is 0 Å². The summed E-state index contributed by atoms with van der Waals surface area (Å²) in [5, 5.41) is 9.77. The van der Waals surface area contributed by atoms with Crippen molar-refractivity contribution in [1.29, 1.82) is 0 Å². The first-order chi connectivity index (χ1) is 8.49. The molecule has 5 heteroatoms. The maximum absolute atomic E-state index is 13.1. The molecular weight excluding hydrogens is 253 g/mol. The van der Waals surface area contributed by atoms with Crippen LogP contribution in [0.2, 0.25) is 0 Å². The van der Waals surface area contributed by atoms with E-state index in [0.717, 1.165) is 6.42 Å². The number of nitrogens with zero attached hydrogens (tertiary/aromatic N) is 1. The predicted octanol–water partition coefficient (Wildman–Crippen LogP) is 1.96. The molecule has 98 valence electrons. The van der Waals surface area contributed by atoms with Crippen molar-refractivity contribution in [2.45, 2.75) is 24.3 Å². The minimum atomic E-state index is -0.487. The summed E-state index contributed by atoms with van der Waals surface area (Å²) in [6, 6.07) is 4.10. The van der Waals surface area contributed by atoms with Gasteiger partial charge in [-0.3, -0.25) is 4.79 Å². The highest BCUT2D eigenvalue weighted by atomic mass is 32.1. The van der Waals surface area contributed by atoms with Gasteiger partial charge in [0, 0.05) is 23.5 Å². The number of β-amino-alcohol motifs (C(OH)–C–C–N with tert-alkyl or cyclic N) is 1. The number of aliphatic hydroxyl groups excluding tert-OH is 1. The first-order valence-electron chi connectivity index (χ1n) is 5.95. The normalized spacial score (nSPS) is 24.1. The number of rotatable bonds is 1. The van der Waals surface area contributed by atoms with Gasteiger partial charge in [-0.25, -0.2) is 4.39 Å². The molecule has 1 amide bonds. The SMILES string of the molecule is CC1CCN(C(=O)c2ccc(F)c(S)c2)CC1O. The lowest BCUT2D eigenvalue weighted by molar-refractivity contribution is 0.0248. The Hall–Kier alpha value is -1.07. The summed E-state index contributed by atoms with van der Waals surface area (Å²) in [6.07, 6.45) is 0.292. The van der Waals surface area contributed by atoms with E-state index < -0.39 is 11.9 Å². The van der Waals surface area contributed by atoms with E-state index in [-0.39, 0.29) is 16.7 Å². The molecule has 0 aliphatic carbocycles. The maximum atomic E-state index is 13.1. The Kier molecular flexibility index (Phi) is 3.92. The maximum Gasteiger partial charge on any atom is 0.253 e. The number of thiol groups is 1. The van der Waals surface area contributed by atoms with E-state index in [1.807, 2.05) is 6.92 Å². The van der Waals surface area contributed by atoms with E-state index in [9.17, 15) is 14.3 Å². The van der Waals surface area contributed by atoms with Crippen molar-refractivity contribution < 1.29 is 14.3 Å². The highest BCUT2D eigenvalue weighted by Gasteiger charge is 2.27. The van der Waals surface area contributed by atoms with Crippen LogP contribution in [0.25, 0.3) is 0 Å². The minimum absolute atomic E-state index is 0.159. The molecule has 1 fully saturated rings. The molecule has 0 radical (unpaired) electrons. The molecule has 3 nitrogen and oxygen atoms in total. The van der Waals surface area contributed by atoms with E-state index in [1.165, 1.54) is 18.2 Å². The smallest absolute Gasteiger partial charge is 0.253 e. The first-order valence-corrected chi connectivity index (χ1v) is 6.39. The quantitative estimate of drug-likeness (QED) is 0.765. The van der Waals surface area contributed by atoms with Crippen LogP contribution in [0.15, 0.2) is 23.1 Å². The number of benzene rings is 1. The third kappa shape index (κ3) is 2.67. The van der Waals surface area contributed by atoms with Crippen LogP contribution in [-0.4, -0.2) is 35.1 Å². The fourth-order valence-corrected chi connectivity index (χ4v) is 2.28. The molecule has 0 saturated carbocycles. The summed E-state index contributed by atoms with van der Waals surface area (Å²) in [4.78, 5) is 13.9. The molecule has 1 aliphatic heterocycles. The molecule has 0 aromatic heterocycles. The number of amides is 1. The molecule has 0 bridgehead atoms. The third-order valence-electron chi connectivity index (χ3n) is 3.40. The highest BCUT2D eigenvalue weighted by Crippen LogP contribution is 2.20. The van der Waals surface area contributed by atoms with Gasteiger partial charge in [0.25, 0.3) is 5.91 Å². The second-order valence-electron chi connectivity index (χ2n) is 4.75. The van der Waals surface area contributed by atoms with Crippen molar-refractivity contribution >= 4 is 18.5 Å². The lowest BCUT2D eigenvalue weighted by Gasteiger charge is -2.34. The lowest BCUT2D eigenvalue weighted by Crippen LogP contribution is -2.45. The van der Waals surface area contributed by atoms with Gasteiger partial charge in [0.2, 0.25) is 0 Å². The number of carbonyl (C=O) groups is 1. The Morgan fingerprint density at radius 3 is 2.89 bits per heavy atom. The molecule has 2 unspecified atom stereocenters. The molecule has 1 N–H and O–H groups in total.